The summed E-state index contributed by atoms with van der Waals surface area (Å²) in [5, 5.41) is 14.6. The van der Waals surface area contributed by atoms with Crippen molar-refractivity contribution in [2.24, 2.45) is 0 Å². The highest BCUT2D eigenvalue weighted by atomic mass is 79.9. The summed E-state index contributed by atoms with van der Waals surface area (Å²) in [6, 6.07) is 6.10. The van der Waals surface area contributed by atoms with Gasteiger partial charge in [-0.1, -0.05) is 22.9 Å². The largest absolute Gasteiger partial charge is 0.480 e. The number of hydrogen-bond donors (Lipinski definition) is 3. The Bertz CT molecular complexity index is 684. The molecule has 0 fully saturated rings. The third-order valence-electron chi connectivity index (χ3n) is 3.27. The van der Waals surface area contributed by atoms with Gasteiger partial charge in [0.05, 0.1) is 6.54 Å². The maximum Gasteiger partial charge on any atom is 0.326 e. The zero-order chi connectivity index (χ0) is 16.8. The summed E-state index contributed by atoms with van der Waals surface area (Å²) in [6.07, 6.45) is 3.56. The number of anilines is 1. The van der Waals surface area contributed by atoms with Gasteiger partial charge in [0.25, 0.3) is 0 Å². The molecule has 1 aromatic heterocycles. The fourth-order valence-electron chi connectivity index (χ4n) is 2.12. The van der Waals surface area contributed by atoms with Gasteiger partial charge in [0, 0.05) is 22.6 Å². The van der Waals surface area contributed by atoms with Gasteiger partial charge in [-0.2, -0.15) is 0 Å². The third-order valence-corrected chi connectivity index (χ3v) is 3.79. The second-order valence-corrected chi connectivity index (χ2v) is 5.74. The topological polar surface area (TPSA) is 96.2 Å². The van der Waals surface area contributed by atoms with Crippen molar-refractivity contribution in [2.75, 3.05) is 5.32 Å². The summed E-state index contributed by atoms with van der Waals surface area (Å²) in [4.78, 5) is 27.2. The molecule has 23 heavy (non-hydrogen) atoms. The van der Waals surface area contributed by atoms with E-state index in [2.05, 4.69) is 31.5 Å². The Morgan fingerprint density at radius 2 is 2.04 bits per heavy atom. The zero-order valence-corrected chi connectivity index (χ0v) is 14.1. The number of hydrogen-bond acceptors (Lipinski definition) is 3. The van der Waals surface area contributed by atoms with Crippen molar-refractivity contribution in [2.45, 2.75) is 25.9 Å². The second kappa shape index (κ2) is 7.77. The molecule has 0 aliphatic rings. The molecule has 0 saturated carbocycles. The molecule has 1 unspecified atom stereocenters. The van der Waals surface area contributed by atoms with Crippen molar-refractivity contribution in [3.63, 3.8) is 0 Å². The quantitative estimate of drug-likeness (QED) is 0.717. The fraction of sp³-hybridized carbons (Fsp3) is 0.267. The second-order valence-electron chi connectivity index (χ2n) is 4.83. The number of aliphatic carboxylic acids is 1. The lowest BCUT2D eigenvalue weighted by Crippen LogP contribution is -2.30. The molecule has 8 heteroatoms. The highest BCUT2D eigenvalue weighted by molar-refractivity contribution is 9.10. The van der Waals surface area contributed by atoms with Gasteiger partial charge in [-0.25, -0.2) is 14.6 Å². The average molecular weight is 381 g/mol. The normalized spacial score (nSPS) is 11.7. The molecular weight excluding hydrogens is 364 g/mol. The number of halogens is 1. The molecular formula is C15H17BrN4O3. The first-order chi connectivity index (χ1) is 11.0. The number of nitrogens with zero attached hydrogens (tertiary/aromatic N) is 2. The van der Waals surface area contributed by atoms with Gasteiger partial charge in [0.1, 0.15) is 11.9 Å². The van der Waals surface area contributed by atoms with E-state index in [4.69, 9.17) is 0 Å². The molecule has 1 aromatic carbocycles. The van der Waals surface area contributed by atoms with Crippen LogP contribution in [-0.2, 0) is 11.3 Å². The van der Waals surface area contributed by atoms with Crippen molar-refractivity contribution >= 4 is 33.6 Å². The van der Waals surface area contributed by atoms with Gasteiger partial charge in [-0.15, -0.1) is 0 Å². The molecule has 122 valence electrons. The lowest BCUT2D eigenvalue weighted by molar-refractivity contribution is -0.141. The molecule has 2 aromatic rings. The Morgan fingerprint density at radius 3 is 2.65 bits per heavy atom. The van der Waals surface area contributed by atoms with Crippen LogP contribution in [0.4, 0.5) is 10.5 Å². The first kappa shape index (κ1) is 17.0. The molecule has 2 rings (SSSR count). The minimum Gasteiger partial charge on any atom is -0.480 e. The molecule has 0 radical (unpaired) electrons. The zero-order valence-electron chi connectivity index (χ0n) is 12.5. The summed E-state index contributed by atoms with van der Waals surface area (Å²) >= 11 is 3.32. The molecule has 0 spiro atoms. The molecule has 0 saturated heterocycles. The third kappa shape index (κ3) is 4.56. The van der Waals surface area contributed by atoms with Crippen LogP contribution in [0.2, 0.25) is 0 Å². The standard InChI is InChI=1S/C15H17BrN4O3/c1-2-12(14(21)22)20-8-7-17-13(20)9-18-15(23)19-11-5-3-10(16)4-6-11/h3-8,12H,2,9H2,1H3,(H,21,22)(H2,18,19,23). The SMILES string of the molecule is CCC(C(=O)O)n1ccnc1CNC(=O)Nc1ccc(Br)cc1. The van der Waals surface area contributed by atoms with Crippen molar-refractivity contribution in [3.8, 4) is 0 Å². The van der Waals surface area contributed by atoms with Crippen LogP contribution in [0.3, 0.4) is 0 Å². The van der Waals surface area contributed by atoms with Crippen molar-refractivity contribution in [1.29, 1.82) is 0 Å². The van der Waals surface area contributed by atoms with Crippen LogP contribution in [0, 0.1) is 0 Å². The minimum absolute atomic E-state index is 0.138. The number of nitrogens with one attached hydrogen (secondary N) is 2. The van der Waals surface area contributed by atoms with E-state index in [1.165, 1.54) is 6.20 Å². The highest BCUT2D eigenvalue weighted by Gasteiger charge is 2.19. The number of carboxylic acids is 1. The van der Waals surface area contributed by atoms with Crippen molar-refractivity contribution < 1.29 is 14.7 Å². The van der Waals surface area contributed by atoms with E-state index in [-0.39, 0.29) is 12.6 Å². The van der Waals surface area contributed by atoms with Crippen LogP contribution in [0.5, 0.6) is 0 Å². The smallest absolute Gasteiger partial charge is 0.326 e. The van der Waals surface area contributed by atoms with Gasteiger partial charge in [0.15, 0.2) is 0 Å². The molecule has 0 aliphatic carbocycles. The molecule has 0 bridgehead atoms. The Morgan fingerprint density at radius 1 is 1.35 bits per heavy atom. The molecule has 2 amide bonds. The van der Waals surface area contributed by atoms with Crippen LogP contribution in [0.15, 0.2) is 41.1 Å². The minimum atomic E-state index is -0.925. The summed E-state index contributed by atoms with van der Waals surface area (Å²) in [5.41, 5.74) is 0.658. The van der Waals surface area contributed by atoms with Crippen molar-refractivity contribution in [1.82, 2.24) is 14.9 Å². The lowest BCUT2D eigenvalue weighted by Gasteiger charge is -2.15. The van der Waals surface area contributed by atoms with Gasteiger partial charge in [-0.05, 0) is 30.7 Å². The molecule has 0 aliphatic heterocycles. The molecule has 1 heterocycles. The first-order valence-electron chi connectivity index (χ1n) is 7.06. The number of aromatic nitrogens is 2. The van der Waals surface area contributed by atoms with Crippen LogP contribution in [0.1, 0.15) is 25.2 Å². The van der Waals surface area contributed by atoms with E-state index < -0.39 is 12.0 Å². The van der Waals surface area contributed by atoms with E-state index in [9.17, 15) is 14.7 Å². The average Bonchev–Trinajstić information content (AvgIpc) is 2.96. The number of carbonyl (C=O) groups excluding carboxylic acids is 1. The maximum absolute atomic E-state index is 11.9. The van der Waals surface area contributed by atoms with Gasteiger partial charge < -0.3 is 20.3 Å². The summed E-state index contributed by atoms with van der Waals surface area (Å²) in [5.74, 6) is -0.434. The van der Waals surface area contributed by atoms with E-state index in [0.717, 1.165) is 4.47 Å². The number of amides is 2. The highest BCUT2D eigenvalue weighted by Crippen LogP contribution is 2.15. The maximum atomic E-state index is 11.9. The number of imidazole rings is 1. The lowest BCUT2D eigenvalue weighted by atomic mass is 10.2. The number of benzene rings is 1. The van der Waals surface area contributed by atoms with Crippen LogP contribution in [0.25, 0.3) is 0 Å². The van der Waals surface area contributed by atoms with Crippen LogP contribution < -0.4 is 10.6 Å². The van der Waals surface area contributed by atoms with Crippen LogP contribution >= 0.6 is 15.9 Å². The van der Waals surface area contributed by atoms with Crippen LogP contribution in [-0.4, -0.2) is 26.7 Å². The summed E-state index contributed by atoms with van der Waals surface area (Å²) in [7, 11) is 0. The van der Waals surface area contributed by atoms with Crippen molar-refractivity contribution in [3.05, 3.63) is 47.0 Å². The molecule has 3 N–H and O–H groups in total. The molecule has 7 nitrogen and oxygen atoms in total. The van der Waals surface area contributed by atoms with Gasteiger partial charge in [0.2, 0.25) is 0 Å². The van der Waals surface area contributed by atoms with E-state index in [1.54, 1.807) is 29.8 Å². The Kier molecular flexibility index (Phi) is 5.75. The van der Waals surface area contributed by atoms with Gasteiger partial charge in [-0.3, -0.25) is 0 Å². The predicted molar refractivity (Wildman–Crippen MR) is 89.2 cm³/mol. The number of carbonyl (C=O) groups is 2. The number of carboxylic acid groups (broad SMARTS) is 1. The van der Waals surface area contributed by atoms with E-state index in [1.807, 2.05) is 12.1 Å². The predicted octanol–water partition coefficient (Wildman–Crippen LogP) is 3.00. The van der Waals surface area contributed by atoms with Gasteiger partial charge >= 0.3 is 12.0 Å². The molecule has 1 atom stereocenters. The monoisotopic (exact) mass is 380 g/mol. The van der Waals surface area contributed by atoms with E-state index in [0.29, 0.717) is 17.9 Å². The Hall–Kier alpha value is -2.35. The Labute approximate surface area is 141 Å². The van der Waals surface area contributed by atoms with E-state index >= 15 is 0 Å². The number of rotatable bonds is 6. The summed E-state index contributed by atoms with van der Waals surface area (Å²) < 4.78 is 2.48. The summed E-state index contributed by atoms with van der Waals surface area (Å²) in [6.45, 7) is 1.93. The number of urea groups is 1. The first-order valence-corrected chi connectivity index (χ1v) is 7.85. The Balaban J connectivity index is 1.96. The fourth-order valence-corrected chi connectivity index (χ4v) is 2.39.